The summed E-state index contributed by atoms with van der Waals surface area (Å²) >= 11 is 10.1. The van der Waals surface area contributed by atoms with E-state index in [1.165, 1.54) is 0 Å². The highest BCUT2D eigenvalue weighted by molar-refractivity contribution is 9.10. The summed E-state index contributed by atoms with van der Waals surface area (Å²) in [6, 6.07) is 18.9. The Bertz CT molecular complexity index is 1310. The van der Waals surface area contributed by atoms with Crippen molar-refractivity contribution < 1.29 is 23.9 Å². The number of aryl methyl sites for hydroxylation is 1. The topological polar surface area (TPSA) is 72.9 Å². The van der Waals surface area contributed by atoms with E-state index in [0.29, 0.717) is 21.9 Å². The lowest BCUT2D eigenvalue weighted by Crippen LogP contribution is -2.32. The van der Waals surface area contributed by atoms with E-state index >= 15 is 0 Å². The van der Waals surface area contributed by atoms with Crippen molar-refractivity contribution in [3.8, 4) is 11.5 Å². The van der Waals surface area contributed by atoms with Crippen LogP contribution in [0.2, 0.25) is 5.02 Å². The first-order valence-electron chi connectivity index (χ1n) is 10.5. The molecule has 0 radical (unpaired) electrons. The van der Waals surface area contributed by atoms with Gasteiger partial charge in [-0.1, -0.05) is 45.2 Å². The molecule has 1 heterocycles. The summed E-state index contributed by atoms with van der Waals surface area (Å²) in [5.41, 5.74) is 1.92. The van der Waals surface area contributed by atoms with E-state index in [9.17, 15) is 14.4 Å². The van der Waals surface area contributed by atoms with Crippen LogP contribution in [0.3, 0.4) is 0 Å². The number of hydrogen-bond donors (Lipinski definition) is 0. The van der Waals surface area contributed by atoms with E-state index in [1.54, 1.807) is 48.5 Å². The zero-order valence-corrected chi connectivity index (χ0v) is 21.7. The Morgan fingerprint density at radius 2 is 1.77 bits per heavy atom. The molecule has 178 valence electrons. The van der Waals surface area contributed by atoms with E-state index < -0.39 is 11.9 Å². The Morgan fingerprint density at radius 1 is 1.06 bits per heavy atom. The van der Waals surface area contributed by atoms with Crippen molar-refractivity contribution in [1.29, 1.82) is 0 Å². The minimum Gasteiger partial charge on any atom is -0.492 e. The van der Waals surface area contributed by atoms with Crippen LogP contribution in [0.1, 0.15) is 21.5 Å². The number of thioether (sulfide) groups is 1. The standard InChI is InChI=1S/C26H19BrClNO5S/c1-16-2-9-21(10-3-16)33-13-12-29-24(30)23(35-26(29)32)15-18-14-19(27)6-11-22(18)34-25(31)17-4-7-20(28)8-5-17/h2-11,14-15H,12-13H2,1H3/b23-15-. The van der Waals surface area contributed by atoms with Crippen LogP contribution in [0.5, 0.6) is 11.5 Å². The van der Waals surface area contributed by atoms with Gasteiger partial charge in [-0.15, -0.1) is 0 Å². The minimum atomic E-state index is -0.569. The van der Waals surface area contributed by atoms with Crippen molar-refractivity contribution in [2.75, 3.05) is 13.2 Å². The van der Waals surface area contributed by atoms with E-state index in [4.69, 9.17) is 21.1 Å². The summed E-state index contributed by atoms with van der Waals surface area (Å²) in [7, 11) is 0. The van der Waals surface area contributed by atoms with E-state index in [2.05, 4.69) is 15.9 Å². The zero-order valence-electron chi connectivity index (χ0n) is 18.5. The fourth-order valence-electron chi connectivity index (χ4n) is 3.19. The highest BCUT2D eigenvalue weighted by Gasteiger charge is 2.35. The molecule has 3 aromatic rings. The summed E-state index contributed by atoms with van der Waals surface area (Å²) in [5.74, 6) is -0.0792. The monoisotopic (exact) mass is 571 g/mol. The maximum absolute atomic E-state index is 12.9. The van der Waals surface area contributed by atoms with Crippen LogP contribution >= 0.6 is 39.3 Å². The molecular formula is C26H19BrClNO5S. The molecule has 0 N–H and O–H groups in total. The molecule has 1 fully saturated rings. The number of hydrogen-bond acceptors (Lipinski definition) is 6. The van der Waals surface area contributed by atoms with Crippen LogP contribution in [0.15, 0.2) is 76.1 Å². The van der Waals surface area contributed by atoms with Crippen LogP contribution in [-0.4, -0.2) is 35.2 Å². The third-order valence-electron chi connectivity index (χ3n) is 5.02. The third kappa shape index (κ3) is 6.33. The van der Waals surface area contributed by atoms with Crippen LogP contribution in [0.4, 0.5) is 4.79 Å². The summed E-state index contributed by atoms with van der Waals surface area (Å²) in [4.78, 5) is 39.3. The first kappa shape index (κ1) is 25.0. The summed E-state index contributed by atoms with van der Waals surface area (Å²) in [6.45, 7) is 2.27. The van der Waals surface area contributed by atoms with Gasteiger partial charge >= 0.3 is 5.97 Å². The van der Waals surface area contributed by atoms with Crippen LogP contribution in [0, 0.1) is 6.92 Å². The van der Waals surface area contributed by atoms with Gasteiger partial charge < -0.3 is 9.47 Å². The molecule has 9 heteroatoms. The second kappa shape index (κ2) is 11.1. The molecule has 1 saturated heterocycles. The van der Waals surface area contributed by atoms with Crippen molar-refractivity contribution in [3.63, 3.8) is 0 Å². The number of benzene rings is 3. The SMILES string of the molecule is Cc1ccc(OCCN2C(=O)S/C(=C\c3cc(Br)ccc3OC(=O)c3ccc(Cl)cc3)C2=O)cc1. The van der Waals surface area contributed by atoms with Crippen LogP contribution in [0.25, 0.3) is 6.08 Å². The van der Waals surface area contributed by atoms with Gasteiger partial charge in [-0.05, 0) is 79.4 Å². The third-order valence-corrected chi connectivity index (χ3v) is 6.67. The molecule has 35 heavy (non-hydrogen) atoms. The molecular weight excluding hydrogens is 554 g/mol. The maximum Gasteiger partial charge on any atom is 0.343 e. The van der Waals surface area contributed by atoms with Gasteiger partial charge in [0, 0.05) is 15.1 Å². The van der Waals surface area contributed by atoms with Crippen molar-refractivity contribution >= 4 is 62.5 Å². The molecule has 0 spiro atoms. The van der Waals surface area contributed by atoms with Gasteiger partial charge in [-0.25, -0.2) is 4.79 Å². The molecule has 0 bridgehead atoms. The molecule has 2 amide bonds. The molecule has 0 saturated carbocycles. The molecule has 0 aromatic heterocycles. The van der Waals surface area contributed by atoms with E-state index in [1.807, 2.05) is 31.2 Å². The van der Waals surface area contributed by atoms with E-state index in [-0.39, 0.29) is 29.0 Å². The van der Waals surface area contributed by atoms with Gasteiger partial charge in [-0.2, -0.15) is 0 Å². The Hall–Kier alpha value is -3.07. The molecule has 3 aromatic carbocycles. The number of amides is 2. The van der Waals surface area contributed by atoms with Crippen LogP contribution in [-0.2, 0) is 4.79 Å². The highest BCUT2D eigenvalue weighted by Crippen LogP contribution is 2.35. The number of carbonyl (C=O) groups excluding carboxylic acids is 3. The molecule has 0 atom stereocenters. The highest BCUT2D eigenvalue weighted by atomic mass is 79.9. The van der Waals surface area contributed by atoms with Crippen molar-refractivity contribution in [2.45, 2.75) is 6.92 Å². The van der Waals surface area contributed by atoms with Gasteiger partial charge in [0.2, 0.25) is 0 Å². The van der Waals surface area contributed by atoms with Gasteiger partial charge in [-0.3, -0.25) is 14.5 Å². The Kier molecular flexibility index (Phi) is 7.95. The molecule has 0 unspecified atom stereocenters. The van der Waals surface area contributed by atoms with Gasteiger partial charge in [0.1, 0.15) is 18.1 Å². The summed E-state index contributed by atoms with van der Waals surface area (Å²) < 4.78 is 11.9. The summed E-state index contributed by atoms with van der Waals surface area (Å²) in [6.07, 6.45) is 1.54. The number of nitrogens with zero attached hydrogens (tertiary/aromatic N) is 1. The maximum atomic E-state index is 12.9. The molecule has 6 nitrogen and oxygen atoms in total. The summed E-state index contributed by atoms with van der Waals surface area (Å²) in [5, 5.41) is 0.120. The number of imide groups is 1. The molecule has 1 aliphatic rings. The smallest absolute Gasteiger partial charge is 0.343 e. The predicted molar refractivity (Wildman–Crippen MR) is 140 cm³/mol. The average Bonchev–Trinajstić information content (AvgIpc) is 3.09. The normalized spacial score (nSPS) is 14.5. The number of carbonyl (C=O) groups is 3. The fourth-order valence-corrected chi connectivity index (χ4v) is 4.55. The zero-order chi connectivity index (χ0) is 24.9. The Labute approximate surface area is 220 Å². The quantitative estimate of drug-likeness (QED) is 0.177. The minimum absolute atomic E-state index is 0.118. The second-order valence-corrected chi connectivity index (χ2v) is 9.92. The van der Waals surface area contributed by atoms with Gasteiger partial charge in [0.05, 0.1) is 17.0 Å². The average molecular weight is 573 g/mol. The lowest BCUT2D eigenvalue weighted by molar-refractivity contribution is -0.123. The predicted octanol–water partition coefficient (Wildman–Crippen LogP) is 6.75. The number of ether oxygens (including phenoxy) is 2. The molecule has 4 rings (SSSR count). The largest absolute Gasteiger partial charge is 0.492 e. The number of rotatable bonds is 7. The lowest BCUT2D eigenvalue weighted by atomic mass is 10.1. The number of halogens is 2. The first-order valence-corrected chi connectivity index (χ1v) is 12.5. The Balaban J connectivity index is 1.47. The van der Waals surface area contributed by atoms with Gasteiger partial charge in [0.25, 0.3) is 11.1 Å². The molecule has 1 aliphatic heterocycles. The first-order chi connectivity index (χ1) is 16.8. The van der Waals surface area contributed by atoms with Crippen molar-refractivity contribution in [3.05, 3.63) is 97.8 Å². The van der Waals surface area contributed by atoms with E-state index in [0.717, 1.165) is 26.7 Å². The van der Waals surface area contributed by atoms with Crippen molar-refractivity contribution in [1.82, 2.24) is 4.90 Å². The molecule has 0 aliphatic carbocycles. The Morgan fingerprint density at radius 3 is 2.49 bits per heavy atom. The van der Waals surface area contributed by atoms with Crippen molar-refractivity contribution in [2.24, 2.45) is 0 Å². The fraction of sp³-hybridized carbons (Fsp3) is 0.115. The number of esters is 1. The van der Waals surface area contributed by atoms with Gasteiger partial charge in [0.15, 0.2) is 0 Å². The lowest BCUT2D eigenvalue weighted by Gasteiger charge is -2.13. The van der Waals surface area contributed by atoms with Crippen LogP contribution < -0.4 is 9.47 Å². The second-order valence-electron chi connectivity index (χ2n) is 7.57.